The second-order valence-corrected chi connectivity index (χ2v) is 4.58. The molecule has 0 aliphatic rings. The average molecular weight is 263 g/mol. The van der Waals surface area contributed by atoms with Gasteiger partial charge < -0.3 is 15.5 Å². The van der Waals surface area contributed by atoms with Gasteiger partial charge in [0, 0.05) is 17.7 Å². The quantitative estimate of drug-likeness (QED) is 0.871. The van der Waals surface area contributed by atoms with Crippen LogP contribution in [-0.2, 0) is 6.42 Å². The third-order valence-electron chi connectivity index (χ3n) is 2.68. The number of nitrogens with one attached hydrogen (secondary N) is 1. The maximum Gasteiger partial charge on any atom is 0.165 e. The van der Waals surface area contributed by atoms with Crippen molar-refractivity contribution in [3.8, 4) is 17.0 Å². The highest BCUT2D eigenvalue weighted by Gasteiger charge is 2.12. The molecule has 1 aromatic carbocycles. The van der Waals surface area contributed by atoms with Gasteiger partial charge in [-0.2, -0.15) is 0 Å². The highest BCUT2D eigenvalue weighted by Crippen LogP contribution is 2.26. The molecule has 0 aliphatic heterocycles. The summed E-state index contributed by atoms with van der Waals surface area (Å²) in [6, 6.07) is 4.87. The van der Waals surface area contributed by atoms with Crippen molar-refractivity contribution < 1.29 is 9.13 Å². The van der Waals surface area contributed by atoms with Crippen LogP contribution in [0.2, 0.25) is 0 Å². The van der Waals surface area contributed by atoms with Crippen LogP contribution in [0, 0.1) is 5.82 Å². The lowest BCUT2D eigenvalue weighted by Crippen LogP contribution is -2.07. The lowest BCUT2D eigenvalue weighted by atomic mass is 10.1. The predicted molar refractivity (Wildman–Crippen MR) is 72.5 cm³/mol. The molecular weight excluding hydrogens is 245 g/mol. The molecule has 0 unspecified atom stereocenters. The van der Waals surface area contributed by atoms with Crippen molar-refractivity contribution in [1.82, 2.24) is 9.97 Å². The summed E-state index contributed by atoms with van der Waals surface area (Å²) in [5.74, 6) is -0.123. The molecule has 2 rings (SSSR count). The van der Waals surface area contributed by atoms with Crippen LogP contribution in [0.3, 0.4) is 0 Å². The Labute approximate surface area is 111 Å². The number of aromatic amines is 1. The Kier molecular flexibility index (Phi) is 4.16. The highest BCUT2D eigenvalue weighted by molar-refractivity contribution is 5.63. The van der Waals surface area contributed by atoms with Crippen molar-refractivity contribution in [1.29, 1.82) is 0 Å². The van der Waals surface area contributed by atoms with E-state index in [1.807, 2.05) is 13.8 Å². The topological polar surface area (TPSA) is 63.9 Å². The van der Waals surface area contributed by atoms with E-state index in [2.05, 4.69) is 9.97 Å². The van der Waals surface area contributed by atoms with Gasteiger partial charge in [0.1, 0.15) is 0 Å². The van der Waals surface area contributed by atoms with Crippen LogP contribution < -0.4 is 10.5 Å². The summed E-state index contributed by atoms with van der Waals surface area (Å²) in [5, 5.41) is 0. The molecule has 0 saturated carbocycles. The van der Waals surface area contributed by atoms with E-state index >= 15 is 0 Å². The monoisotopic (exact) mass is 263 g/mol. The number of halogens is 1. The molecule has 5 heteroatoms. The zero-order chi connectivity index (χ0) is 13.8. The fourth-order valence-corrected chi connectivity index (χ4v) is 1.90. The Morgan fingerprint density at radius 3 is 2.84 bits per heavy atom. The fourth-order valence-electron chi connectivity index (χ4n) is 1.90. The molecule has 0 radical (unpaired) electrons. The number of aromatic nitrogens is 2. The molecule has 0 bridgehead atoms. The van der Waals surface area contributed by atoms with Crippen LogP contribution in [0.4, 0.5) is 4.39 Å². The second-order valence-electron chi connectivity index (χ2n) is 4.58. The minimum Gasteiger partial charge on any atom is -0.488 e. The summed E-state index contributed by atoms with van der Waals surface area (Å²) in [5.41, 5.74) is 7.91. The highest BCUT2D eigenvalue weighted by atomic mass is 19.1. The zero-order valence-corrected chi connectivity index (χ0v) is 11.1. The number of ether oxygens (including phenoxy) is 1. The molecule has 0 saturated heterocycles. The molecule has 0 atom stereocenters. The normalized spacial score (nSPS) is 11.0. The second kappa shape index (κ2) is 5.84. The molecule has 1 heterocycles. The Morgan fingerprint density at radius 2 is 2.21 bits per heavy atom. The summed E-state index contributed by atoms with van der Waals surface area (Å²) < 4.78 is 19.3. The molecule has 0 amide bonds. The van der Waals surface area contributed by atoms with Crippen LogP contribution in [0.1, 0.15) is 19.5 Å². The van der Waals surface area contributed by atoms with Crippen molar-refractivity contribution in [3.05, 3.63) is 36.0 Å². The standard InChI is InChI=1S/C14H18FN3O/c1-9(2)19-13-4-3-10(7-11(13)15)14-12(5-6-16)17-8-18-14/h3-4,7-9H,5-6,16H2,1-2H3,(H,17,18). The van der Waals surface area contributed by atoms with Crippen LogP contribution in [0.5, 0.6) is 5.75 Å². The molecule has 0 spiro atoms. The number of H-pyrrole nitrogens is 1. The predicted octanol–water partition coefficient (Wildman–Crippen LogP) is 2.50. The van der Waals surface area contributed by atoms with Crippen molar-refractivity contribution in [2.24, 2.45) is 5.73 Å². The summed E-state index contributed by atoms with van der Waals surface area (Å²) >= 11 is 0. The molecule has 0 fully saturated rings. The van der Waals surface area contributed by atoms with Gasteiger partial charge in [-0.05, 0) is 38.6 Å². The van der Waals surface area contributed by atoms with Gasteiger partial charge >= 0.3 is 0 Å². The van der Waals surface area contributed by atoms with Crippen LogP contribution in [-0.4, -0.2) is 22.6 Å². The molecule has 4 nitrogen and oxygen atoms in total. The van der Waals surface area contributed by atoms with Gasteiger partial charge in [-0.3, -0.25) is 0 Å². The van der Waals surface area contributed by atoms with Gasteiger partial charge in [0.05, 0.1) is 18.1 Å². The van der Waals surface area contributed by atoms with E-state index in [-0.39, 0.29) is 17.7 Å². The number of nitrogens with zero attached hydrogens (tertiary/aromatic N) is 1. The Balaban J connectivity index is 2.31. The van der Waals surface area contributed by atoms with E-state index in [1.165, 1.54) is 6.07 Å². The van der Waals surface area contributed by atoms with Crippen LogP contribution in [0.15, 0.2) is 24.5 Å². The first-order valence-electron chi connectivity index (χ1n) is 6.30. The third-order valence-corrected chi connectivity index (χ3v) is 2.68. The fraction of sp³-hybridized carbons (Fsp3) is 0.357. The van der Waals surface area contributed by atoms with Gasteiger partial charge in [0.25, 0.3) is 0 Å². The van der Waals surface area contributed by atoms with Gasteiger partial charge in [-0.25, -0.2) is 9.37 Å². The summed E-state index contributed by atoms with van der Waals surface area (Å²) in [7, 11) is 0. The van der Waals surface area contributed by atoms with E-state index in [9.17, 15) is 4.39 Å². The van der Waals surface area contributed by atoms with Gasteiger partial charge in [-0.1, -0.05) is 0 Å². The molecular formula is C14H18FN3O. The Hall–Kier alpha value is -1.88. The minimum atomic E-state index is -0.382. The van der Waals surface area contributed by atoms with Crippen molar-refractivity contribution >= 4 is 0 Å². The zero-order valence-electron chi connectivity index (χ0n) is 11.1. The molecule has 3 N–H and O–H groups in total. The van der Waals surface area contributed by atoms with E-state index in [1.54, 1.807) is 18.5 Å². The SMILES string of the molecule is CC(C)Oc1ccc(-c2nc[nH]c2CCN)cc1F. The van der Waals surface area contributed by atoms with E-state index in [0.717, 1.165) is 17.0 Å². The number of benzene rings is 1. The summed E-state index contributed by atoms with van der Waals surface area (Å²) in [6.07, 6.45) is 2.22. The third kappa shape index (κ3) is 3.12. The van der Waals surface area contributed by atoms with E-state index in [0.29, 0.717) is 13.0 Å². The number of hydrogen-bond donors (Lipinski definition) is 2. The largest absolute Gasteiger partial charge is 0.488 e. The number of hydrogen-bond acceptors (Lipinski definition) is 3. The number of nitrogens with two attached hydrogens (primary N) is 1. The smallest absolute Gasteiger partial charge is 0.165 e. The maximum absolute atomic E-state index is 13.9. The summed E-state index contributed by atoms with van der Waals surface area (Å²) in [4.78, 5) is 7.24. The van der Waals surface area contributed by atoms with Gasteiger partial charge in [0.2, 0.25) is 0 Å². The van der Waals surface area contributed by atoms with Crippen molar-refractivity contribution in [3.63, 3.8) is 0 Å². The Bertz CT molecular complexity index is 551. The number of imidazole rings is 1. The lowest BCUT2D eigenvalue weighted by molar-refractivity contribution is 0.231. The first kappa shape index (κ1) is 13.5. The first-order valence-corrected chi connectivity index (χ1v) is 6.30. The molecule has 102 valence electrons. The van der Waals surface area contributed by atoms with Gasteiger partial charge in [-0.15, -0.1) is 0 Å². The molecule has 19 heavy (non-hydrogen) atoms. The molecule has 0 aliphatic carbocycles. The van der Waals surface area contributed by atoms with Crippen molar-refractivity contribution in [2.75, 3.05) is 6.54 Å². The first-order chi connectivity index (χ1) is 9.11. The molecule has 2 aromatic rings. The van der Waals surface area contributed by atoms with Crippen LogP contribution in [0.25, 0.3) is 11.3 Å². The van der Waals surface area contributed by atoms with Crippen molar-refractivity contribution in [2.45, 2.75) is 26.4 Å². The minimum absolute atomic E-state index is 0.0569. The maximum atomic E-state index is 13.9. The van der Waals surface area contributed by atoms with E-state index in [4.69, 9.17) is 10.5 Å². The number of rotatable bonds is 5. The van der Waals surface area contributed by atoms with Crippen LogP contribution >= 0.6 is 0 Å². The Morgan fingerprint density at radius 1 is 1.42 bits per heavy atom. The lowest BCUT2D eigenvalue weighted by Gasteiger charge is -2.11. The average Bonchev–Trinajstić information content (AvgIpc) is 2.80. The summed E-state index contributed by atoms with van der Waals surface area (Å²) in [6.45, 7) is 4.24. The van der Waals surface area contributed by atoms with E-state index < -0.39 is 0 Å². The molecule has 1 aromatic heterocycles. The van der Waals surface area contributed by atoms with Gasteiger partial charge in [0.15, 0.2) is 11.6 Å².